The van der Waals surface area contributed by atoms with Gasteiger partial charge >= 0.3 is 7.12 Å². The summed E-state index contributed by atoms with van der Waals surface area (Å²) in [7, 11) is -0.894. The van der Waals surface area contributed by atoms with E-state index in [0.717, 1.165) is 18.4 Å². The molecule has 21 heavy (non-hydrogen) atoms. The zero-order chi connectivity index (χ0) is 15.3. The normalized spacial score (nSPS) is 24.2. The fourth-order valence-corrected chi connectivity index (χ4v) is 3.92. The van der Waals surface area contributed by atoms with Gasteiger partial charge in [0.25, 0.3) is 0 Å². The fourth-order valence-electron chi connectivity index (χ4n) is 2.81. The van der Waals surface area contributed by atoms with Crippen LogP contribution >= 0.6 is 11.3 Å². The van der Waals surface area contributed by atoms with Crippen LogP contribution in [-0.4, -0.2) is 18.3 Å². The van der Waals surface area contributed by atoms with E-state index < -0.39 is 18.3 Å². The Morgan fingerprint density at radius 1 is 1.19 bits per heavy atom. The molecule has 0 bridgehead atoms. The zero-order valence-corrected chi connectivity index (χ0v) is 14.0. The summed E-state index contributed by atoms with van der Waals surface area (Å²) < 4.78 is 26.1. The van der Waals surface area contributed by atoms with E-state index in [4.69, 9.17) is 9.31 Å². The molecular formula is C16H22BFO2S. The van der Waals surface area contributed by atoms with Crippen molar-refractivity contribution in [3.05, 3.63) is 27.1 Å². The largest absolute Gasteiger partial charge is 0.525 e. The quantitative estimate of drug-likeness (QED) is 0.745. The molecule has 0 saturated carbocycles. The minimum atomic E-state index is -0.894. The third-order valence-corrected chi connectivity index (χ3v) is 5.97. The standard InChI is InChI=1S/C16H22BFO2S/c1-15(2)16(3,4)20-17(19-15)14(18)9-11-10-21-13-8-6-5-7-12(11)13/h9-10H,5-8H2,1-4H3. The lowest BCUT2D eigenvalue weighted by atomic mass is 9.86. The number of hydrogen-bond acceptors (Lipinski definition) is 3. The third kappa shape index (κ3) is 2.71. The number of thiophene rings is 1. The van der Waals surface area contributed by atoms with Gasteiger partial charge in [-0.15, -0.1) is 11.3 Å². The first-order chi connectivity index (χ1) is 9.80. The molecule has 0 aromatic carbocycles. The molecule has 1 saturated heterocycles. The average Bonchev–Trinajstić information content (AvgIpc) is 2.89. The predicted molar refractivity (Wildman–Crippen MR) is 86.1 cm³/mol. The second-order valence-corrected chi connectivity index (χ2v) is 7.88. The van der Waals surface area contributed by atoms with Crippen LogP contribution in [0, 0.1) is 0 Å². The van der Waals surface area contributed by atoms with Crippen LogP contribution < -0.4 is 0 Å². The summed E-state index contributed by atoms with van der Waals surface area (Å²) in [6.45, 7) is 7.75. The van der Waals surface area contributed by atoms with Gasteiger partial charge in [-0.1, -0.05) is 0 Å². The second kappa shape index (κ2) is 5.22. The van der Waals surface area contributed by atoms with E-state index in [1.165, 1.54) is 23.3 Å². The van der Waals surface area contributed by atoms with E-state index >= 15 is 0 Å². The van der Waals surface area contributed by atoms with E-state index in [0.29, 0.717) is 0 Å². The van der Waals surface area contributed by atoms with Gasteiger partial charge < -0.3 is 9.31 Å². The SMILES string of the molecule is CC1(C)OB(C(F)=Cc2csc3c2CCCC3)OC1(C)C. The van der Waals surface area contributed by atoms with E-state index in [1.807, 2.05) is 27.7 Å². The van der Waals surface area contributed by atoms with Gasteiger partial charge in [0.2, 0.25) is 0 Å². The highest BCUT2D eigenvalue weighted by molar-refractivity contribution is 7.10. The highest BCUT2D eigenvalue weighted by Gasteiger charge is 2.53. The molecule has 1 aromatic rings. The van der Waals surface area contributed by atoms with E-state index in [-0.39, 0.29) is 5.73 Å². The van der Waals surface area contributed by atoms with Gasteiger partial charge in [-0.05, 0) is 76.0 Å². The Balaban J connectivity index is 1.83. The first kappa shape index (κ1) is 15.3. The summed E-state index contributed by atoms with van der Waals surface area (Å²) in [5.41, 5.74) is 0.980. The molecule has 0 amide bonds. The Bertz CT molecular complexity index is 561. The van der Waals surface area contributed by atoms with Crippen LogP contribution in [0.15, 0.2) is 11.1 Å². The predicted octanol–water partition coefficient (Wildman–Crippen LogP) is 4.57. The molecule has 1 aliphatic heterocycles. The Morgan fingerprint density at radius 2 is 1.81 bits per heavy atom. The van der Waals surface area contributed by atoms with E-state index in [9.17, 15) is 4.39 Å². The van der Waals surface area contributed by atoms with Gasteiger partial charge in [-0.25, -0.2) is 4.39 Å². The Labute approximate surface area is 130 Å². The zero-order valence-electron chi connectivity index (χ0n) is 13.2. The molecule has 1 aliphatic carbocycles. The molecule has 1 aromatic heterocycles. The monoisotopic (exact) mass is 308 g/mol. The number of halogens is 1. The lowest BCUT2D eigenvalue weighted by molar-refractivity contribution is 0.00578. The molecule has 0 spiro atoms. The molecule has 2 nitrogen and oxygen atoms in total. The van der Waals surface area contributed by atoms with Gasteiger partial charge in [0.15, 0.2) is 0 Å². The fraction of sp³-hybridized carbons (Fsp3) is 0.625. The van der Waals surface area contributed by atoms with Crippen molar-refractivity contribution in [1.82, 2.24) is 0 Å². The molecule has 2 aliphatic rings. The highest BCUT2D eigenvalue weighted by atomic mass is 32.1. The minimum absolute atomic E-state index is 0.333. The second-order valence-electron chi connectivity index (χ2n) is 6.92. The van der Waals surface area contributed by atoms with E-state index in [2.05, 4.69) is 5.38 Å². The molecule has 0 radical (unpaired) electrons. The molecule has 114 valence electrons. The van der Waals surface area contributed by atoms with Crippen LogP contribution in [0.5, 0.6) is 0 Å². The Kier molecular flexibility index (Phi) is 3.79. The maximum absolute atomic E-state index is 14.5. The molecule has 1 fully saturated rings. The van der Waals surface area contributed by atoms with Gasteiger partial charge in [0, 0.05) is 4.88 Å². The van der Waals surface area contributed by atoms with E-state index in [1.54, 1.807) is 17.4 Å². The number of fused-ring (bicyclic) bond motifs is 1. The molecule has 5 heteroatoms. The van der Waals surface area contributed by atoms with Crippen molar-refractivity contribution in [3.8, 4) is 0 Å². The first-order valence-electron chi connectivity index (χ1n) is 7.62. The van der Waals surface area contributed by atoms with Crippen molar-refractivity contribution in [2.45, 2.75) is 64.6 Å². The lowest BCUT2D eigenvalue weighted by Crippen LogP contribution is -2.41. The summed E-state index contributed by atoms with van der Waals surface area (Å²) >= 11 is 1.74. The molecular weight excluding hydrogens is 286 g/mol. The van der Waals surface area contributed by atoms with Crippen molar-refractivity contribution in [3.63, 3.8) is 0 Å². The number of rotatable bonds is 2. The van der Waals surface area contributed by atoms with Crippen LogP contribution in [0.4, 0.5) is 4.39 Å². The maximum Gasteiger partial charge on any atom is 0.525 e. The number of aryl methyl sites for hydroxylation is 1. The van der Waals surface area contributed by atoms with Gasteiger partial charge in [0.1, 0.15) is 5.73 Å². The average molecular weight is 308 g/mol. The van der Waals surface area contributed by atoms with Gasteiger partial charge in [0.05, 0.1) is 11.2 Å². The minimum Gasteiger partial charge on any atom is -0.398 e. The topological polar surface area (TPSA) is 18.5 Å². The van der Waals surface area contributed by atoms with Crippen molar-refractivity contribution in [2.75, 3.05) is 0 Å². The van der Waals surface area contributed by atoms with Crippen molar-refractivity contribution >= 4 is 24.5 Å². The summed E-state index contributed by atoms with van der Waals surface area (Å²) in [6, 6.07) is 0. The van der Waals surface area contributed by atoms with Crippen LogP contribution in [0.1, 0.15) is 56.5 Å². The highest BCUT2D eigenvalue weighted by Crippen LogP contribution is 2.39. The Morgan fingerprint density at radius 3 is 2.48 bits per heavy atom. The summed E-state index contributed by atoms with van der Waals surface area (Å²) in [5, 5.41) is 2.06. The smallest absolute Gasteiger partial charge is 0.398 e. The molecule has 2 heterocycles. The summed E-state index contributed by atoms with van der Waals surface area (Å²) in [4.78, 5) is 1.41. The van der Waals surface area contributed by atoms with Crippen LogP contribution in [0.25, 0.3) is 6.08 Å². The molecule has 3 rings (SSSR count). The van der Waals surface area contributed by atoms with Crippen molar-refractivity contribution < 1.29 is 13.7 Å². The van der Waals surface area contributed by atoms with Gasteiger partial charge in [-0.3, -0.25) is 0 Å². The van der Waals surface area contributed by atoms with Gasteiger partial charge in [-0.2, -0.15) is 0 Å². The first-order valence-corrected chi connectivity index (χ1v) is 8.50. The maximum atomic E-state index is 14.5. The third-order valence-electron chi connectivity index (χ3n) is 4.87. The van der Waals surface area contributed by atoms with Crippen molar-refractivity contribution in [2.24, 2.45) is 0 Å². The van der Waals surface area contributed by atoms with Crippen LogP contribution in [0.3, 0.4) is 0 Å². The molecule has 0 N–H and O–H groups in total. The summed E-state index contributed by atoms with van der Waals surface area (Å²) in [5.74, 6) is 0. The van der Waals surface area contributed by atoms with Crippen LogP contribution in [-0.2, 0) is 22.2 Å². The lowest BCUT2D eigenvalue weighted by Gasteiger charge is -2.32. The molecule has 0 unspecified atom stereocenters. The van der Waals surface area contributed by atoms with Crippen LogP contribution in [0.2, 0.25) is 0 Å². The Hall–Kier alpha value is -0.645. The van der Waals surface area contributed by atoms with Crippen molar-refractivity contribution in [1.29, 1.82) is 0 Å². The summed E-state index contributed by atoms with van der Waals surface area (Å²) in [6.07, 6.45) is 6.23. The number of hydrogen-bond donors (Lipinski definition) is 0. The molecule has 0 atom stereocenters.